The number of urea groups is 1. The first-order chi connectivity index (χ1) is 8.55. The first-order valence-corrected chi connectivity index (χ1v) is 8.42. The molecule has 1 heterocycles. The van der Waals surface area contributed by atoms with E-state index in [0.717, 1.165) is 32.1 Å². The molecule has 2 fully saturated rings. The Morgan fingerprint density at radius 2 is 1.78 bits per heavy atom. The molecule has 5 nitrogen and oxygen atoms in total. The molecular formula is C12H22N2O3S. The smallest absolute Gasteiger partial charge is 0.317 e. The van der Waals surface area contributed by atoms with E-state index in [1.54, 1.807) is 4.90 Å². The number of sulfone groups is 1. The van der Waals surface area contributed by atoms with Crippen LogP contribution in [0.1, 0.15) is 39.0 Å². The Hall–Kier alpha value is -0.780. The van der Waals surface area contributed by atoms with Crippen LogP contribution in [-0.4, -0.2) is 49.5 Å². The summed E-state index contributed by atoms with van der Waals surface area (Å²) in [6.45, 7) is 3.17. The Kier molecular flexibility index (Phi) is 4.14. The number of hydrogen-bond donors (Lipinski definition) is 1. The van der Waals surface area contributed by atoms with Gasteiger partial charge in [-0.05, 0) is 19.8 Å². The zero-order valence-corrected chi connectivity index (χ0v) is 11.7. The van der Waals surface area contributed by atoms with Gasteiger partial charge in [0.15, 0.2) is 9.84 Å². The number of carbonyl (C=O) groups excluding carboxylic acids is 1. The van der Waals surface area contributed by atoms with E-state index in [4.69, 9.17) is 0 Å². The highest BCUT2D eigenvalue weighted by molar-refractivity contribution is 7.92. The molecule has 104 valence electrons. The molecule has 0 atom stereocenters. The summed E-state index contributed by atoms with van der Waals surface area (Å²) in [5.74, 6) is 0. The van der Waals surface area contributed by atoms with E-state index in [2.05, 4.69) is 5.32 Å². The first kappa shape index (κ1) is 13.6. The van der Waals surface area contributed by atoms with Crippen LogP contribution < -0.4 is 5.32 Å². The maximum Gasteiger partial charge on any atom is 0.317 e. The van der Waals surface area contributed by atoms with Crippen molar-refractivity contribution in [3.8, 4) is 0 Å². The molecule has 0 spiro atoms. The van der Waals surface area contributed by atoms with Crippen LogP contribution in [-0.2, 0) is 9.84 Å². The van der Waals surface area contributed by atoms with Gasteiger partial charge in [-0.3, -0.25) is 0 Å². The second-order valence-electron chi connectivity index (χ2n) is 5.21. The Morgan fingerprint density at radius 3 is 2.33 bits per heavy atom. The monoisotopic (exact) mass is 274 g/mol. The molecular weight excluding hydrogens is 252 g/mol. The molecule has 0 bridgehead atoms. The number of rotatable bonds is 3. The number of carbonyl (C=O) groups is 1. The van der Waals surface area contributed by atoms with E-state index >= 15 is 0 Å². The Bertz CT molecular complexity index is 396. The fourth-order valence-corrected chi connectivity index (χ4v) is 5.05. The lowest BCUT2D eigenvalue weighted by atomic mass is 10.0. The number of likely N-dealkylation sites (tertiary alicyclic amines) is 1. The van der Waals surface area contributed by atoms with Gasteiger partial charge < -0.3 is 10.2 Å². The molecule has 6 heteroatoms. The molecule has 2 rings (SSSR count). The van der Waals surface area contributed by atoms with Crippen molar-refractivity contribution in [3.63, 3.8) is 0 Å². The van der Waals surface area contributed by atoms with E-state index in [0.29, 0.717) is 19.6 Å². The molecule has 0 aromatic carbocycles. The van der Waals surface area contributed by atoms with Crippen molar-refractivity contribution in [2.45, 2.75) is 49.5 Å². The zero-order valence-electron chi connectivity index (χ0n) is 10.9. The lowest BCUT2D eigenvalue weighted by molar-refractivity contribution is 0.169. The van der Waals surface area contributed by atoms with Crippen LogP contribution in [0.3, 0.4) is 0 Å². The molecule has 1 saturated carbocycles. The summed E-state index contributed by atoms with van der Waals surface area (Å²) in [4.78, 5) is 13.1. The van der Waals surface area contributed by atoms with Gasteiger partial charge in [0, 0.05) is 19.6 Å². The lowest BCUT2D eigenvalue weighted by Gasteiger charge is -2.40. The van der Waals surface area contributed by atoms with Gasteiger partial charge in [0.2, 0.25) is 0 Å². The third kappa shape index (κ3) is 2.63. The second kappa shape index (κ2) is 5.47. The summed E-state index contributed by atoms with van der Waals surface area (Å²) in [7, 11) is -3.03. The number of nitrogens with zero attached hydrogens (tertiary/aromatic N) is 1. The summed E-state index contributed by atoms with van der Waals surface area (Å²) in [5.41, 5.74) is 0. The molecule has 0 aromatic rings. The fourth-order valence-electron chi connectivity index (χ4n) is 2.74. The average molecular weight is 274 g/mol. The van der Waals surface area contributed by atoms with Gasteiger partial charge in [0.25, 0.3) is 0 Å². The standard InChI is InChI=1S/C12H22N2O3S/c1-2-13-12(15)14-8-11(9-14)18(16,17)10-6-4-3-5-7-10/h10-11H,2-9H2,1H3,(H,13,15). The van der Waals surface area contributed by atoms with E-state index in [9.17, 15) is 13.2 Å². The SMILES string of the molecule is CCNC(=O)N1CC(S(=O)(=O)C2CCCCC2)C1. The van der Waals surface area contributed by atoms with Gasteiger partial charge in [-0.2, -0.15) is 0 Å². The predicted molar refractivity (Wildman–Crippen MR) is 70.2 cm³/mol. The molecule has 2 aliphatic rings. The molecule has 18 heavy (non-hydrogen) atoms. The van der Waals surface area contributed by atoms with E-state index < -0.39 is 9.84 Å². The van der Waals surface area contributed by atoms with Crippen molar-refractivity contribution in [2.24, 2.45) is 0 Å². The van der Waals surface area contributed by atoms with Gasteiger partial charge in [-0.15, -0.1) is 0 Å². The summed E-state index contributed by atoms with van der Waals surface area (Å²) in [6.07, 6.45) is 4.81. The molecule has 1 aliphatic heterocycles. The third-order valence-corrected chi connectivity index (χ3v) is 6.57. The molecule has 1 saturated heterocycles. The van der Waals surface area contributed by atoms with Crippen molar-refractivity contribution in [1.29, 1.82) is 0 Å². The van der Waals surface area contributed by atoms with Crippen molar-refractivity contribution >= 4 is 15.9 Å². The minimum atomic E-state index is -3.03. The Morgan fingerprint density at radius 1 is 1.17 bits per heavy atom. The quantitative estimate of drug-likeness (QED) is 0.839. The zero-order chi connectivity index (χ0) is 13.2. The van der Waals surface area contributed by atoms with Crippen LogP contribution in [0.2, 0.25) is 0 Å². The van der Waals surface area contributed by atoms with Crippen molar-refractivity contribution < 1.29 is 13.2 Å². The van der Waals surface area contributed by atoms with Gasteiger partial charge in [-0.1, -0.05) is 19.3 Å². The van der Waals surface area contributed by atoms with Gasteiger partial charge >= 0.3 is 6.03 Å². The van der Waals surface area contributed by atoms with Gasteiger partial charge in [-0.25, -0.2) is 13.2 Å². The highest BCUT2D eigenvalue weighted by Gasteiger charge is 2.43. The van der Waals surface area contributed by atoms with Crippen molar-refractivity contribution in [2.75, 3.05) is 19.6 Å². The van der Waals surface area contributed by atoms with E-state index in [1.807, 2.05) is 6.92 Å². The molecule has 0 unspecified atom stereocenters. The summed E-state index contributed by atoms with van der Waals surface area (Å²) in [6, 6.07) is -0.146. The van der Waals surface area contributed by atoms with Gasteiger partial charge in [0.1, 0.15) is 0 Å². The van der Waals surface area contributed by atoms with Crippen LogP contribution in [0.25, 0.3) is 0 Å². The first-order valence-electron chi connectivity index (χ1n) is 6.81. The van der Waals surface area contributed by atoms with Crippen LogP contribution in [0.15, 0.2) is 0 Å². The minimum Gasteiger partial charge on any atom is -0.338 e. The van der Waals surface area contributed by atoms with Crippen LogP contribution in [0, 0.1) is 0 Å². The number of amides is 2. The van der Waals surface area contributed by atoms with Crippen molar-refractivity contribution in [3.05, 3.63) is 0 Å². The average Bonchev–Trinajstić information content (AvgIpc) is 2.28. The molecule has 1 N–H and O–H groups in total. The van der Waals surface area contributed by atoms with Gasteiger partial charge in [0.05, 0.1) is 10.5 Å². The summed E-state index contributed by atoms with van der Waals surface area (Å²) < 4.78 is 24.7. The number of hydrogen-bond acceptors (Lipinski definition) is 3. The highest BCUT2D eigenvalue weighted by Crippen LogP contribution is 2.29. The number of nitrogens with one attached hydrogen (secondary N) is 1. The Labute approximate surface area is 109 Å². The minimum absolute atomic E-state index is 0.146. The van der Waals surface area contributed by atoms with Crippen LogP contribution in [0.5, 0.6) is 0 Å². The topological polar surface area (TPSA) is 66.5 Å². The molecule has 2 amide bonds. The third-order valence-electron chi connectivity index (χ3n) is 3.94. The maximum atomic E-state index is 12.3. The fraction of sp³-hybridized carbons (Fsp3) is 0.917. The normalized spacial score (nSPS) is 22.6. The summed E-state index contributed by atoms with van der Waals surface area (Å²) >= 11 is 0. The highest BCUT2D eigenvalue weighted by atomic mass is 32.2. The van der Waals surface area contributed by atoms with Crippen molar-refractivity contribution in [1.82, 2.24) is 10.2 Å². The maximum absolute atomic E-state index is 12.3. The summed E-state index contributed by atoms with van der Waals surface area (Å²) in [5, 5.41) is 2.20. The molecule has 0 aromatic heterocycles. The molecule has 0 radical (unpaired) electrons. The Balaban J connectivity index is 1.88. The lowest BCUT2D eigenvalue weighted by Crippen LogP contribution is -2.60. The second-order valence-corrected chi connectivity index (χ2v) is 7.72. The predicted octanol–water partition coefficient (Wildman–Crippen LogP) is 1.15. The van der Waals surface area contributed by atoms with Crippen LogP contribution in [0.4, 0.5) is 4.79 Å². The van der Waals surface area contributed by atoms with E-state index in [-0.39, 0.29) is 16.5 Å². The largest absolute Gasteiger partial charge is 0.338 e. The van der Waals surface area contributed by atoms with Crippen LogP contribution >= 0.6 is 0 Å². The van der Waals surface area contributed by atoms with E-state index in [1.165, 1.54) is 0 Å². The molecule has 1 aliphatic carbocycles.